The molecule has 6 heterocycles. The van der Waals surface area contributed by atoms with Gasteiger partial charge >= 0.3 is 15.4 Å². The Morgan fingerprint density at radius 2 is 0.796 bits per heavy atom. The summed E-state index contributed by atoms with van der Waals surface area (Å²) in [7, 11) is -10.4. The third-order valence-electron chi connectivity index (χ3n) is 21.7. The molecule has 1 atom stereocenters. The third kappa shape index (κ3) is 19.9. The van der Waals surface area contributed by atoms with Crippen LogP contribution in [0.25, 0.3) is 18.2 Å². The molecule has 0 saturated carbocycles. The monoisotopic (exact) mass is 1630 g/mol. The van der Waals surface area contributed by atoms with Gasteiger partial charge in [0.1, 0.15) is 77.7 Å². The van der Waals surface area contributed by atoms with Gasteiger partial charge in [0.15, 0.2) is 23.6 Å². The molecule has 22 heteroatoms. The van der Waals surface area contributed by atoms with Crippen molar-refractivity contribution < 1.29 is 78.9 Å². The number of phosphoric acid groups is 1. The first-order chi connectivity index (χ1) is 53.1. The Morgan fingerprint density at radius 3 is 1.15 bits per heavy atom. The summed E-state index contributed by atoms with van der Waals surface area (Å²) in [5.74, 6) is 5.42. The quantitative estimate of drug-likeness (QED) is 0.0527. The number of aldehydes is 1. The summed E-state index contributed by atoms with van der Waals surface area (Å²) >= 11 is 5.09. The molecule has 6 aliphatic heterocycles. The lowest BCUT2D eigenvalue weighted by Crippen LogP contribution is -2.27. The van der Waals surface area contributed by atoms with Crippen LogP contribution in [0, 0.1) is 20.8 Å². The third-order valence-corrected chi connectivity index (χ3v) is 24.1. The average molecular weight is 1630 g/mol. The van der Waals surface area contributed by atoms with Gasteiger partial charge in [-0.25, -0.2) is 9.13 Å². The van der Waals surface area contributed by atoms with Crippen molar-refractivity contribution in [2.45, 2.75) is 171 Å². The molecule has 6 aromatic rings. The molecule has 0 bridgehead atoms. The normalized spacial score (nSPS) is 18.4. The van der Waals surface area contributed by atoms with Crippen LogP contribution in [0.15, 0.2) is 184 Å². The maximum absolute atomic E-state index is 12.1. The number of hydrogen-bond donors (Lipinski definition) is 2. The van der Waals surface area contributed by atoms with Gasteiger partial charge in [-0.1, -0.05) is 46.1 Å². The number of ether oxygens (including phenoxy) is 3. The maximum Gasteiger partial charge on any atom is 0.524 e. The molecule has 9 aliphatic rings. The molecule has 6 aromatic carbocycles. The fourth-order valence-electron chi connectivity index (χ4n) is 16.1. The second-order valence-electron chi connectivity index (χ2n) is 32.3. The molecule has 3 aliphatic carbocycles. The van der Waals surface area contributed by atoms with Crippen LogP contribution < -0.4 is 27.8 Å². The number of halogens is 1. The van der Waals surface area contributed by atoms with E-state index in [2.05, 4.69) is 195 Å². The first-order valence-electron chi connectivity index (χ1n) is 39.1. The van der Waals surface area contributed by atoms with E-state index in [9.17, 15) is 23.1 Å². The van der Waals surface area contributed by atoms with Gasteiger partial charge in [-0.3, -0.25) is 19.1 Å². The number of rotatable bonds is 16. The van der Waals surface area contributed by atoms with E-state index in [0.29, 0.717) is 40.9 Å². The van der Waals surface area contributed by atoms with Crippen molar-refractivity contribution in [2.75, 3.05) is 59.6 Å². The number of nitrogens with zero attached hydrogens (tertiary/aromatic N) is 3. The zero-order chi connectivity index (χ0) is 82.1. The van der Waals surface area contributed by atoms with Gasteiger partial charge in [0.2, 0.25) is 24.4 Å². The maximum atomic E-state index is 12.1. The van der Waals surface area contributed by atoms with Crippen molar-refractivity contribution in [1.29, 1.82) is 0 Å². The molecular formula is C91H111ClN3O14P4+3. The number of carbonyl (C=O) groups is 1. The van der Waals surface area contributed by atoms with Crippen LogP contribution in [0.5, 0.6) is 34.5 Å². The standard InChI is InChI=1S/C30H35NO3P.C28H30NO5P.C17H19O5P.C14H20N.C2H6ClOP/c1-7-31-26-15-11-20(2)17-25(26)30(3,4)28(31)16-13-21-9-8-10-23-18-22-12-14-24(34-35(5,6)32)19-27(22)33-29(21)23;1-5-29-24-13-9-18(2)15-23(24)28(3,4)26(29)14-11-19-7-6-8-21-16-20-10-12-22(34-35(30,31)32)17-25(20)33-27(19)21;1-3-20-23(2,19)22-15-8-7-12-9-13-5-4-6-14(11-18)17(13)21-16(12)10-15;1-6-15-11(3)14(4,5)12-9-10(2)7-8-13(12)15;1-5(2,3)4/h11-19H,7-10H2,1-6H3;9-17H,5-8H2,1-4H3,(H-,30,31,32);7-11H,3-6H2,1-2H3;7-9H,6H2,1-5H3;1-2H3/q+1;;;+1;/p+1/b16-13+;14-11+;;;. The topological polar surface area (TPSA) is 199 Å². The Hall–Kier alpha value is -8.19. The highest BCUT2D eigenvalue weighted by atomic mass is 35.7. The van der Waals surface area contributed by atoms with E-state index in [1.165, 1.54) is 105 Å². The molecule has 1 unspecified atom stereocenters. The minimum atomic E-state index is -4.64. The Bertz CT molecular complexity index is 5170. The molecule has 113 heavy (non-hydrogen) atoms. The molecule has 0 aromatic heterocycles. The Morgan fingerprint density at radius 1 is 0.451 bits per heavy atom. The van der Waals surface area contributed by atoms with Crippen LogP contribution in [0.3, 0.4) is 0 Å². The molecule has 0 radical (unpaired) electrons. The average Bonchev–Trinajstić information content (AvgIpc) is 1.61. The smallest absolute Gasteiger partial charge is 0.456 e. The Balaban J connectivity index is 0.000000152. The summed E-state index contributed by atoms with van der Waals surface area (Å²) in [5.41, 5.74) is 25.5. The summed E-state index contributed by atoms with van der Waals surface area (Å²) in [4.78, 5) is 29.5. The fraction of sp³-hybridized carbons (Fsp3) is 0.385. The summed E-state index contributed by atoms with van der Waals surface area (Å²) in [6.45, 7) is 39.7. The van der Waals surface area contributed by atoms with Crippen LogP contribution in [0.1, 0.15) is 184 Å². The lowest BCUT2D eigenvalue weighted by Gasteiger charge is -2.27. The van der Waals surface area contributed by atoms with E-state index in [1.54, 1.807) is 44.5 Å². The van der Waals surface area contributed by atoms with Gasteiger partial charge in [-0.15, -0.1) is 0 Å². The van der Waals surface area contributed by atoms with E-state index in [-0.39, 0.29) is 22.0 Å². The number of allylic oxidation sites excluding steroid dienone is 10. The molecule has 598 valence electrons. The Labute approximate surface area is 673 Å². The molecule has 0 saturated heterocycles. The van der Waals surface area contributed by atoms with Gasteiger partial charge in [-0.05, 0) is 261 Å². The van der Waals surface area contributed by atoms with Crippen molar-refractivity contribution in [3.63, 3.8) is 0 Å². The molecule has 0 amide bonds. The van der Waals surface area contributed by atoms with Crippen LogP contribution in [0.2, 0.25) is 0 Å². The van der Waals surface area contributed by atoms with E-state index in [1.807, 2.05) is 30.3 Å². The zero-order valence-electron chi connectivity index (χ0n) is 69.0. The number of hydrogen-bond acceptors (Lipinski definition) is 12. The van der Waals surface area contributed by atoms with Gasteiger partial charge < -0.3 is 36.9 Å². The van der Waals surface area contributed by atoms with Gasteiger partial charge in [0.25, 0.3) is 0 Å². The number of phosphoric ester groups is 1. The second-order valence-corrected chi connectivity index (χ2v) is 43.0. The van der Waals surface area contributed by atoms with Crippen molar-refractivity contribution in [1.82, 2.24) is 0 Å². The van der Waals surface area contributed by atoms with Crippen molar-refractivity contribution >= 4 is 99.2 Å². The van der Waals surface area contributed by atoms with E-state index >= 15 is 0 Å². The summed E-state index contributed by atoms with van der Waals surface area (Å²) < 4.78 is 92.4. The fourth-order valence-corrected chi connectivity index (χ4v) is 18.2. The van der Waals surface area contributed by atoms with Crippen LogP contribution in [-0.4, -0.2) is 106 Å². The van der Waals surface area contributed by atoms with Gasteiger partial charge in [0, 0.05) is 128 Å². The van der Waals surface area contributed by atoms with Crippen molar-refractivity contribution in [3.05, 3.63) is 234 Å². The SMILES string of the molecule is CCOP(C)(=O)Oc1ccc2c(c1)OC1=C(C=O)CCCC1=C2.CC[N+]1=C(/C=C/C2=C3Oc4cc(OP(=O)(O)O)ccc4C=C3CCC2)C(C)(C)c2cc(C)ccc21.CC[N+]1=C(/C=C/C2=C3Oc4cc(OP(C)(C)=O)ccc4C=C3CCC2)C(C)(C)c2cc(C)ccc21.CC[N+]1=C(C)C(C)(C)c2cc(C)ccc21.CP(C)(=O)Cl. The lowest BCUT2D eigenvalue weighted by atomic mass is 9.80. The van der Waals surface area contributed by atoms with E-state index in [0.717, 1.165) is 134 Å². The first kappa shape index (κ1) is 85.7. The van der Waals surface area contributed by atoms with Crippen molar-refractivity contribution in [3.8, 4) is 34.5 Å². The van der Waals surface area contributed by atoms with Crippen molar-refractivity contribution in [2.24, 2.45) is 0 Å². The molecule has 15 rings (SSSR count). The number of aryl methyl sites for hydroxylation is 3. The number of carbonyl (C=O) groups excluding carboxylic acids is 1. The highest BCUT2D eigenvalue weighted by Gasteiger charge is 2.46. The summed E-state index contributed by atoms with van der Waals surface area (Å²) in [5, 5.41) is 0. The zero-order valence-corrected chi connectivity index (χ0v) is 73.3. The van der Waals surface area contributed by atoms with Gasteiger partial charge in [-0.2, -0.15) is 13.7 Å². The van der Waals surface area contributed by atoms with E-state index in [4.69, 9.17) is 53.3 Å². The first-order valence-corrected chi connectivity index (χ1v) is 48.7. The van der Waals surface area contributed by atoms with Gasteiger partial charge in [0.05, 0.1) is 22.9 Å². The largest absolute Gasteiger partial charge is 0.524 e. The predicted molar refractivity (Wildman–Crippen MR) is 461 cm³/mol. The molecule has 0 fully saturated rings. The predicted octanol–water partition coefficient (Wildman–Crippen LogP) is 23.6. The number of benzene rings is 6. The molecule has 17 nitrogen and oxygen atoms in total. The van der Waals surface area contributed by atoms with Crippen LogP contribution in [0.4, 0.5) is 17.1 Å². The lowest BCUT2D eigenvalue weighted by molar-refractivity contribution is -0.434. The highest BCUT2D eigenvalue weighted by molar-refractivity contribution is 7.88. The summed E-state index contributed by atoms with van der Waals surface area (Å²) in [6, 6.07) is 36.1. The minimum absolute atomic E-state index is 0.0626. The van der Waals surface area contributed by atoms with Crippen LogP contribution in [-0.2, 0) is 43.8 Å². The second kappa shape index (κ2) is 34.3. The van der Waals surface area contributed by atoms with Crippen LogP contribution >= 0.6 is 40.5 Å². The molecule has 2 N–H and O–H groups in total. The number of fused-ring (bicyclic) bond motifs is 9. The highest BCUT2D eigenvalue weighted by Crippen LogP contribution is 2.51. The Kier molecular flexibility index (Phi) is 26.0. The molecule has 0 spiro atoms. The molecular weight excluding hydrogens is 1520 g/mol. The summed E-state index contributed by atoms with van der Waals surface area (Å²) in [6.07, 6.45) is 24.8. The van der Waals surface area contributed by atoms with E-state index < -0.39 is 29.3 Å². The minimum Gasteiger partial charge on any atom is -0.456 e.